The molecular weight excluding hydrogens is 570 g/mol. The Labute approximate surface area is 265 Å². The smallest absolute Gasteiger partial charge is 0.618 e. The minimum absolute atomic E-state index is 0. The van der Waals surface area contributed by atoms with E-state index in [-0.39, 0.29) is 30.1 Å². The van der Waals surface area contributed by atoms with Crippen LogP contribution in [0, 0.1) is 16.9 Å². The minimum Gasteiger partial charge on any atom is -0.618 e. The Balaban J connectivity index is 0.00000423. The first-order valence-corrected chi connectivity index (χ1v) is 13.9. The van der Waals surface area contributed by atoms with E-state index in [1.165, 1.54) is 24.5 Å². The summed E-state index contributed by atoms with van der Waals surface area (Å²) in [5, 5.41) is 27.9. The number of carboxylic acid groups (broad SMARTS) is 1. The first-order chi connectivity index (χ1) is 19.9. The molecule has 9 nitrogen and oxygen atoms in total. The normalized spacial score (nSPS) is 13.6. The Kier molecular flexibility index (Phi) is 9.55. The molecule has 1 aliphatic carbocycles. The van der Waals surface area contributed by atoms with Crippen LogP contribution in [0.4, 0.5) is 14.9 Å². The van der Waals surface area contributed by atoms with Crippen LogP contribution < -0.4 is 34.0 Å². The molecule has 2 aromatic heterocycles. The van der Waals surface area contributed by atoms with Crippen LogP contribution in [-0.2, 0) is 4.74 Å². The summed E-state index contributed by atoms with van der Waals surface area (Å²) in [6.07, 6.45) is 4.91. The van der Waals surface area contributed by atoms with E-state index in [9.17, 15) is 24.3 Å². The number of pyridine rings is 1. The second kappa shape index (κ2) is 12.8. The maximum Gasteiger partial charge on any atom is 1.00 e. The third kappa shape index (κ3) is 7.57. The van der Waals surface area contributed by atoms with Crippen molar-refractivity contribution in [2.45, 2.75) is 51.6 Å². The second-order valence-electron chi connectivity index (χ2n) is 11.4. The van der Waals surface area contributed by atoms with Crippen molar-refractivity contribution < 1.29 is 47.4 Å². The average Bonchev–Trinajstić information content (AvgIpc) is 3.60. The van der Waals surface area contributed by atoms with E-state index in [4.69, 9.17) is 16.3 Å². The van der Waals surface area contributed by atoms with Gasteiger partial charge in [-0.15, -0.1) is 0 Å². The zero-order chi connectivity index (χ0) is 30.2. The number of aromatic amines is 1. The van der Waals surface area contributed by atoms with Gasteiger partial charge in [-0.2, -0.15) is 4.73 Å². The van der Waals surface area contributed by atoms with Crippen LogP contribution in [0.1, 0.15) is 67.8 Å². The van der Waals surface area contributed by atoms with Gasteiger partial charge in [-0.05, 0) is 63.4 Å². The summed E-state index contributed by atoms with van der Waals surface area (Å²) in [5.74, 6) is -2.09. The van der Waals surface area contributed by atoms with E-state index in [1.54, 1.807) is 51.1 Å². The number of benzene rings is 2. The summed E-state index contributed by atoms with van der Waals surface area (Å²) >= 11 is 6.26. The van der Waals surface area contributed by atoms with Crippen molar-refractivity contribution >= 4 is 29.4 Å². The van der Waals surface area contributed by atoms with Crippen molar-refractivity contribution in [3.05, 3.63) is 94.1 Å². The average molecular weight is 599 g/mol. The first kappa shape index (κ1) is 32.1. The SMILES string of the molecule is CC(C)(C)OC(=O)Nc1ccc(Cl)cc1-c1ccc(C(CC2CC2)c2ncc(-c3cccc(C(=O)[O-])c3F)[nH]2)[n+]([O-])c1.[Li+]. The molecule has 0 spiro atoms. The van der Waals surface area contributed by atoms with Crippen molar-refractivity contribution in [1.29, 1.82) is 0 Å². The molecule has 1 atom stereocenters. The van der Waals surface area contributed by atoms with Crippen LogP contribution >= 0.6 is 11.6 Å². The molecule has 5 rings (SSSR count). The molecule has 1 aliphatic rings. The number of ether oxygens (including phenoxy) is 1. The van der Waals surface area contributed by atoms with Crippen LogP contribution in [0.5, 0.6) is 0 Å². The third-order valence-corrected chi connectivity index (χ3v) is 7.17. The molecule has 0 saturated heterocycles. The topological polar surface area (TPSA) is 134 Å². The van der Waals surface area contributed by atoms with Gasteiger partial charge in [0.05, 0.1) is 23.5 Å². The number of halogens is 2. The molecule has 12 heteroatoms. The fraction of sp³-hybridized carbons (Fsp3) is 0.290. The van der Waals surface area contributed by atoms with Crippen LogP contribution in [0.3, 0.4) is 0 Å². The predicted octanol–water partition coefficient (Wildman–Crippen LogP) is 2.82. The summed E-state index contributed by atoms with van der Waals surface area (Å²) in [5.41, 5.74) is 0.995. The molecule has 1 amide bonds. The largest absolute Gasteiger partial charge is 1.00 e. The number of carbonyl (C=O) groups is 2. The van der Waals surface area contributed by atoms with Gasteiger partial charge in [0.1, 0.15) is 23.2 Å². The Hall–Kier alpha value is -3.84. The van der Waals surface area contributed by atoms with E-state index in [0.717, 1.165) is 23.6 Å². The second-order valence-corrected chi connectivity index (χ2v) is 11.8. The molecule has 2 N–H and O–H groups in total. The number of imidazole rings is 1. The van der Waals surface area contributed by atoms with E-state index in [2.05, 4.69) is 15.3 Å². The number of carbonyl (C=O) groups excluding carboxylic acids is 2. The number of aromatic nitrogens is 3. The Bertz CT molecular complexity index is 1670. The van der Waals surface area contributed by atoms with Gasteiger partial charge >= 0.3 is 25.0 Å². The third-order valence-electron chi connectivity index (χ3n) is 6.93. The van der Waals surface area contributed by atoms with Crippen LogP contribution in [0.25, 0.3) is 22.4 Å². The summed E-state index contributed by atoms with van der Waals surface area (Å²) in [6.45, 7) is 5.28. The number of anilines is 1. The molecule has 0 radical (unpaired) electrons. The summed E-state index contributed by atoms with van der Waals surface area (Å²) < 4.78 is 21.0. The van der Waals surface area contributed by atoms with Crippen molar-refractivity contribution in [2.75, 3.05) is 5.32 Å². The fourth-order valence-electron chi connectivity index (χ4n) is 4.81. The molecule has 1 unspecified atom stereocenters. The Morgan fingerprint density at radius 2 is 1.93 bits per heavy atom. The molecule has 2 heterocycles. The van der Waals surface area contributed by atoms with Gasteiger partial charge in [-0.1, -0.05) is 36.6 Å². The van der Waals surface area contributed by atoms with Crippen molar-refractivity contribution in [2.24, 2.45) is 5.92 Å². The maximum atomic E-state index is 14.9. The zero-order valence-electron chi connectivity index (χ0n) is 24.2. The van der Waals surface area contributed by atoms with Gasteiger partial charge < -0.3 is 24.8 Å². The number of amides is 1. The molecule has 1 fully saturated rings. The quantitative estimate of drug-likeness (QED) is 0.182. The number of hydrogen-bond acceptors (Lipinski definition) is 6. The first-order valence-electron chi connectivity index (χ1n) is 13.5. The summed E-state index contributed by atoms with van der Waals surface area (Å²) in [4.78, 5) is 31.3. The van der Waals surface area contributed by atoms with Gasteiger partial charge in [0.25, 0.3) is 0 Å². The fourth-order valence-corrected chi connectivity index (χ4v) is 4.98. The van der Waals surface area contributed by atoms with Crippen molar-refractivity contribution in [3.63, 3.8) is 0 Å². The van der Waals surface area contributed by atoms with Crippen molar-refractivity contribution in [3.8, 4) is 22.4 Å². The predicted molar refractivity (Wildman–Crippen MR) is 153 cm³/mol. The van der Waals surface area contributed by atoms with Gasteiger partial charge in [-0.25, -0.2) is 14.2 Å². The number of hydrogen-bond donors (Lipinski definition) is 2. The number of nitrogens with zero attached hydrogens (tertiary/aromatic N) is 2. The van der Waals surface area contributed by atoms with E-state index in [0.29, 0.717) is 45.7 Å². The molecule has 1 saturated carbocycles. The summed E-state index contributed by atoms with van der Waals surface area (Å²) in [7, 11) is 0. The Morgan fingerprint density at radius 1 is 1.19 bits per heavy atom. The molecule has 0 aliphatic heterocycles. The van der Waals surface area contributed by atoms with Crippen molar-refractivity contribution in [1.82, 2.24) is 9.97 Å². The van der Waals surface area contributed by atoms with E-state index < -0.39 is 35.0 Å². The van der Waals surface area contributed by atoms with Crippen LogP contribution in [0.15, 0.2) is 60.9 Å². The number of nitrogens with one attached hydrogen (secondary N) is 2. The number of H-pyrrole nitrogens is 1. The standard InChI is InChI=1S/C31H30ClFN4O5.Li/c1-31(2,3)42-30(40)36-24-11-10-19(32)14-22(24)18-9-12-26(37(41)16-18)23(13-17-7-8-17)28-34-15-25(35-28)20-5-4-6-21(27(20)33)29(38)39;/h4-6,9-12,14-17,23H,7-8,13H2,1-3H3,(H,34,35)(H,36,40)(H,38,39);/q;+1/p-1. The molecule has 0 bridgehead atoms. The maximum absolute atomic E-state index is 14.9. The molecule has 43 heavy (non-hydrogen) atoms. The number of aromatic carboxylic acids is 1. The zero-order valence-corrected chi connectivity index (χ0v) is 25.0. The monoisotopic (exact) mass is 598 g/mol. The molecular formula is C31H29ClFLiN4O5. The number of carboxylic acids is 1. The Morgan fingerprint density at radius 3 is 2.58 bits per heavy atom. The van der Waals surface area contributed by atoms with E-state index >= 15 is 0 Å². The van der Waals surface area contributed by atoms with Gasteiger partial charge in [0.2, 0.25) is 5.69 Å². The van der Waals surface area contributed by atoms with Crippen LogP contribution in [-0.4, -0.2) is 27.6 Å². The molecule has 218 valence electrons. The molecule has 4 aromatic rings. The minimum atomic E-state index is -1.61. The van der Waals surface area contributed by atoms with E-state index in [1.807, 2.05) is 0 Å². The number of rotatable bonds is 8. The van der Waals surface area contributed by atoms with Gasteiger partial charge in [0, 0.05) is 33.3 Å². The summed E-state index contributed by atoms with van der Waals surface area (Å²) in [6, 6.07) is 12.4. The molecule has 2 aromatic carbocycles. The van der Waals surface area contributed by atoms with Gasteiger partial charge in [-0.3, -0.25) is 5.32 Å². The van der Waals surface area contributed by atoms with Crippen LogP contribution in [0.2, 0.25) is 5.02 Å². The van der Waals surface area contributed by atoms with Gasteiger partial charge in [0.15, 0.2) is 6.20 Å².